The van der Waals surface area contributed by atoms with Crippen LogP contribution in [0.15, 0.2) is 48.5 Å². The van der Waals surface area contributed by atoms with Gasteiger partial charge in [0.05, 0.1) is 8.49 Å². The van der Waals surface area contributed by atoms with Gasteiger partial charge in [-0.2, -0.15) is 0 Å². The number of nitro benzene ring substituents is 1. The molecule has 0 spiro atoms. The summed E-state index contributed by atoms with van der Waals surface area (Å²) in [5.41, 5.74) is 3.74. The van der Waals surface area contributed by atoms with Crippen molar-refractivity contribution in [2.24, 2.45) is 5.84 Å². The molecule has 0 saturated carbocycles. The predicted molar refractivity (Wildman–Crippen MR) is 98.0 cm³/mol. The molecule has 0 unspecified atom stereocenters. The van der Waals surface area contributed by atoms with Gasteiger partial charge in [-0.1, -0.05) is 6.07 Å². The Hall–Kier alpha value is -2.46. The van der Waals surface area contributed by atoms with Gasteiger partial charge >= 0.3 is 0 Å². The molecule has 0 aliphatic carbocycles. The van der Waals surface area contributed by atoms with Crippen LogP contribution in [-0.2, 0) is 11.4 Å². The molecule has 24 heavy (non-hydrogen) atoms. The molecule has 0 radical (unpaired) electrons. The van der Waals surface area contributed by atoms with Crippen molar-refractivity contribution in [3.8, 4) is 5.75 Å². The quantitative estimate of drug-likeness (QED) is 0.180. The van der Waals surface area contributed by atoms with E-state index < -0.39 is 4.92 Å². The number of carbonyl (C=O) groups excluding carboxylic acids is 1. The lowest BCUT2D eigenvalue weighted by molar-refractivity contribution is -0.384. The monoisotopic (exact) mass is 439 g/mol. The zero-order valence-corrected chi connectivity index (χ0v) is 14.6. The minimum absolute atomic E-state index is 0.0472. The van der Waals surface area contributed by atoms with Gasteiger partial charge in [-0.05, 0) is 64.1 Å². The molecule has 8 heteroatoms. The second-order valence-electron chi connectivity index (χ2n) is 4.74. The first-order valence-electron chi connectivity index (χ1n) is 6.84. The minimum atomic E-state index is -0.440. The van der Waals surface area contributed by atoms with Gasteiger partial charge < -0.3 is 4.74 Å². The lowest BCUT2D eigenvalue weighted by atomic mass is 10.2. The van der Waals surface area contributed by atoms with E-state index >= 15 is 0 Å². The molecule has 1 amide bonds. The van der Waals surface area contributed by atoms with E-state index in [0.29, 0.717) is 12.4 Å². The fourth-order valence-corrected chi connectivity index (χ4v) is 2.53. The maximum absolute atomic E-state index is 11.1. The molecule has 0 aliphatic heterocycles. The van der Waals surface area contributed by atoms with Crippen LogP contribution in [0.2, 0.25) is 0 Å². The second kappa shape index (κ2) is 8.41. The van der Waals surface area contributed by atoms with Gasteiger partial charge in [0.25, 0.3) is 11.6 Å². The van der Waals surface area contributed by atoms with Gasteiger partial charge in [0.15, 0.2) is 0 Å². The number of hydrogen-bond acceptors (Lipinski definition) is 5. The molecule has 2 rings (SSSR count). The SMILES string of the molecule is NNC(=O)/C=C/c1ccc(OCc2ccc([N+](=O)[O-])cc2)c(I)c1. The summed E-state index contributed by atoms with van der Waals surface area (Å²) in [6.07, 6.45) is 2.98. The summed E-state index contributed by atoms with van der Waals surface area (Å²) in [6.45, 7) is 0.304. The lowest BCUT2D eigenvalue weighted by Gasteiger charge is -2.09. The summed E-state index contributed by atoms with van der Waals surface area (Å²) < 4.78 is 6.60. The number of amides is 1. The van der Waals surface area contributed by atoms with Crippen LogP contribution < -0.4 is 16.0 Å². The van der Waals surface area contributed by atoms with Crippen LogP contribution in [0.4, 0.5) is 5.69 Å². The van der Waals surface area contributed by atoms with Gasteiger partial charge in [0.2, 0.25) is 0 Å². The maximum atomic E-state index is 11.1. The number of nitrogens with two attached hydrogens (primary N) is 1. The molecule has 3 N–H and O–H groups in total. The second-order valence-corrected chi connectivity index (χ2v) is 5.91. The predicted octanol–water partition coefficient (Wildman–Crippen LogP) is 2.78. The number of hydrogen-bond donors (Lipinski definition) is 2. The number of rotatable bonds is 6. The van der Waals surface area contributed by atoms with Crippen LogP contribution in [0, 0.1) is 13.7 Å². The van der Waals surface area contributed by atoms with Crippen molar-refractivity contribution >= 4 is 40.3 Å². The number of carbonyl (C=O) groups is 1. The van der Waals surface area contributed by atoms with Crippen molar-refractivity contribution in [1.82, 2.24) is 5.43 Å². The van der Waals surface area contributed by atoms with Crippen LogP contribution in [0.3, 0.4) is 0 Å². The zero-order chi connectivity index (χ0) is 17.5. The van der Waals surface area contributed by atoms with Gasteiger partial charge in [-0.3, -0.25) is 20.3 Å². The van der Waals surface area contributed by atoms with Crippen LogP contribution >= 0.6 is 22.6 Å². The highest BCUT2D eigenvalue weighted by atomic mass is 127. The molecule has 0 aliphatic rings. The smallest absolute Gasteiger partial charge is 0.269 e. The first-order valence-corrected chi connectivity index (χ1v) is 7.92. The Bertz CT molecular complexity index is 775. The third-order valence-electron chi connectivity index (χ3n) is 3.07. The Morgan fingerprint density at radius 3 is 2.58 bits per heavy atom. The van der Waals surface area contributed by atoms with Crippen molar-refractivity contribution in [1.29, 1.82) is 0 Å². The van der Waals surface area contributed by atoms with Crippen molar-refractivity contribution in [2.75, 3.05) is 0 Å². The number of hydrazine groups is 1. The van der Waals surface area contributed by atoms with Crippen LogP contribution in [0.1, 0.15) is 11.1 Å². The van der Waals surface area contributed by atoms with E-state index in [4.69, 9.17) is 10.6 Å². The molecule has 2 aromatic carbocycles. The Morgan fingerprint density at radius 2 is 2.00 bits per heavy atom. The summed E-state index contributed by atoms with van der Waals surface area (Å²) in [7, 11) is 0. The lowest BCUT2D eigenvalue weighted by Crippen LogP contribution is -2.27. The normalized spacial score (nSPS) is 10.6. The van der Waals surface area contributed by atoms with Crippen molar-refractivity contribution in [3.63, 3.8) is 0 Å². The number of halogens is 1. The van der Waals surface area contributed by atoms with E-state index in [1.165, 1.54) is 18.2 Å². The number of benzene rings is 2. The molecule has 0 aromatic heterocycles. The molecule has 0 fully saturated rings. The molecule has 0 atom stereocenters. The molecule has 0 bridgehead atoms. The van der Waals surface area contributed by atoms with E-state index in [9.17, 15) is 14.9 Å². The van der Waals surface area contributed by atoms with E-state index in [-0.39, 0.29) is 11.6 Å². The average molecular weight is 439 g/mol. The minimum Gasteiger partial charge on any atom is -0.488 e. The van der Waals surface area contributed by atoms with Crippen molar-refractivity contribution < 1.29 is 14.5 Å². The van der Waals surface area contributed by atoms with Crippen molar-refractivity contribution in [3.05, 3.63) is 73.4 Å². The maximum Gasteiger partial charge on any atom is 0.269 e. The third kappa shape index (κ3) is 5.03. The molecule has 7 nitrogen and oxygen atoms in total. The summed E-state index contributed by atoms with van der Waals surface area (Å²) in [4.78, 5) is 21.2. The molecular weight excluding hydrogens is 425 g/mol. The standard InChI is InChI=1S/C16H14IN3O4/c17-14-9-11(4-8-16(21)19-18)3-7-15(14)24-10-12-1-5-13(6-2-12)20(22)23/h1-9H,10,18H2,(H,19,21)/b8-4+. The first kappa shape index (κ1) is 17.9. The third-order valence-corrected chi connectivity index (χ3v) is 3.91. The summed E-state index contributed by atoms with van der Waals surface area (Å²) >= 11 is 2.14. The van der Waals surface area contributed by atoms with Gasteiger partial charge in [-0.25, -0.2) is 5.84 Å². The van der Waals surface area contributed by atoms with E-state index in [2.05, 4.69) is 22.6 Å². The Morgan fingerprint density at radius 1 is 1.29 bits per heavy atom. The first-order chi connectivity index (χ1) is 11.5. The van der Waals surface area contributed by atoms with Crippen LogP contribution in [0.5, 0.6) is 5.75 Å². The highest BCUT2D eigenvalue weighted by Crippen LogP contribution is 2.24. The van der Waals surface area contributed by atoms with Crippen molar-refractivity contribution in [2.45, 2.75) is 6.61 Å². The number of ether oxygens (including phenoxy) is 1. The Balaban J connectivity index is 2.01. The number of non-ortho nitro benzene ring substituents is 1. The summed E-state index contributed by atoms with van der Waals surface area (Å²) in [5, 5.41) is 10.6. The van der Waals surface area contributed by atoms with Gasteiger partial charge in [0.1, 0.15) is 12.4 Å². The van der Waals surface area contributed by atoms with E-state index in [1.807, 2.05) is 17.6 Å². The molecule has 0 saturated heterocycles. The van der Waals surface area contributed by atoms with E-state index in [0.717, 1.165) is 14.7 Å². The number of nitrogens with zero attached hydrogens (tertiary/aromatic N) is 1. The Labute approximate surface area is 151 Å². The summed E-state index contributed by atoms with van der Waals surface area (Å²) in [6, 6.07) is 11.7. The fourth-order valence-electron chi connectivity index (χ4n) is 1.83. The average Bonchev–Trinajstić information content (AvgIpc) is 2.59. The van der Waals surface area contributed by atoms with Gasteiger partial charge in [0, 0.05) is 18.2 Å². The highest BCUT2D eigenvalue weighted by Gasteiger charge is 2.06. The van der Waals surface area contributed by atoms with E-state index in [1.54, 1.807) is 24.3 Å². The van der Waals surface area contributed by atoms with Gasteiger partial charge in [-0.15, -0.1) is 0 Å². The number of nitrogens with one attached hydrogen (secondary N) is 1. The molecule has 2 aromatic rings. The topological polar surface area (TPSA) is 107 Å². The largest absolute Gasteiger partial charge is 0.488 e. The Kier molecular flexibility index (Phi) is 6.27. The van der Waals surface area contributed by atoms with Crippen LogP contribution in [-0.4, -0.2) is 10.8 Å². The molecule has 0 heterocycles. The molecule has 124 valence electrons. The molecular formula is C16H14IN3O4. The summed E-state index contributed by atoms with van der Waals surface area (Å²) in [5.74, 6) is 5.30. The number of nitro groups is 1. The zero-order valence-electron chi connectivity index (χ0n) is 12.4. The highest BCUT2D eigenvalue weighted by molar-refractivity contribution is 14.1. The van der Waals surface area contributed by atoms with Crippen LogP contribution in [0.25, 0.3) is 6.08 Å². The fraction of sp³-hybridized carbons (Fsp3) is 0.0625.